The molecule has 208 valence electrons. The monoisotopic (exact) mass is 623 g/mol. The highest BCUT2D eigenvalue weighted by Gasteiger charge is 2.48. The van der Waals surface area contributed by atoms with Gasteiger partial charge in [-0.25, -0.2) is 4.68 Å². The van der Waals surface area contributed by atoms with Gasteiger partial charge in [-0.3, -0.25) is 19.6 Å². The first-order valence-corrected chi connectivity index (χ1v) is 14.7. The summed E-state index contributed by atoms with van der Waals surface area (Å²) in [5.74, 6) is 1.52. The Kier molecular flexibility index (Phi) is 6.86. The molecule has 2 unspecified atom stereocenters. The van der Waals surface area contributed by atoms with E-state index in [2.05, 4.69) is 45.3 Å². The number of hydrogen-bond donors (Lipinski definition) is 2. The minimum Gasteiger partial charge on any atom is -0.371 e. The van der Waals surface area contributed by atoms with Crippen LogP contribution >= 0.6 is 27.5 Å². The maximum atomic E-state index is 14.4. The van der Waals surface area contributed by atoms with Crippen LogP contribution in [-0.4, -0.2) is 56.3 Å². The molecule has 6 rings (SSSR count). The van der Waals surface area contributed by atoms with Gasteiger partial charge in [-0.1, -0.05) is 25.4 Å². The number of rotatable bonds is 5. The molecule has 1 saturated heterocycles. The molecule has 2 aliphatic heterocycles. The SMILES string of the molecule is CNc1n[nH]c2cc(N3C(=O)C4C[C@H](C)N(C(=O)c5ccc(Br)c(Cl)c5)CC4n4ncc(CC(C)C)c43)ccc12. The van der Waals surface area contributed by atoms with Gasteiger partial charge in [0.05, 0.1) is 34.4 Å². The van der Waals surface area contributed by atoms with Crippen LogP contribution in [-0.2, 0) is 11.2 Å². The number of fused-ring (bicyclic) bond motifs is 4. The fourth-order valence-corrected chi connectivity index (χ4v) is 6.50. The highest BCUT2D eigenvalue weighted by atomic mass is 79.9. The molecule has 4 heterocycles. The van der Waals surface area contributed by atoms with Crippen LogP contribution in [0.4, 0.5) is 17.3 Å². The highest BCUT2D eigenvalue weighted by molar-refractivity contribution is 9.10. The van der Waals surface area contributed by atoms with Crippen molar-refractivity contribution in [3.63, 3.8) is 0 Å². The summed E-state index contributed by atoms with van der Waals surface area (Å²) in [7, 11) is 1.83. The third-order valence-corrected chi connectivity index (χ3v) is 9.21. The van der Waals surface area contributed by atoms with Gasteiger partial charge in [0.1, 0.15) is 5.82 Å². The predicted octanol–water partition coefficient (Wildman–Crippen LogP) is 6.19. The molecule has 1 fully saturated rings. The summed E-state index contributed by atoms with van der Waals surface area (Å²) in [5.41, 5.74) is 3.15. The number of H-pyrrole nitrogens is 1. The third kappa shape index (κ3) is 4.37. The van der Waals surface area contributed by atoms with E-state index >= 15 is 0 Å². The van der Waals surface area contributed by atoms with Crippen molar-refractivity contribution in [2.24, 2.45) is 11.8 Å². The second-order valence-electron chi connectivity index (χ2n) is 11.1. The Hall–Kier alpha value is -3.37. The molecule has 0 bridgehead atoms. The molecule has 4 aromatic rings. The lowest BCUT2D eigenvalue weighted by Crippen LogP contribution is -2.56. The number of halogens is 2. The third-order valence-electron chi connectivity index (χ3n) is 7.98. The Labute approximate surface area is 246 Å². The van der Waals surface area contributed by atoms with Crippen molar-refractivity contribution in [3.05, 3.63) is 63.2 Å². The van der Waals surface area contributed by atoms with Gasteiger partial charge in [-0.2, -0.15) is 10.2 Å². The van der Waals surface area contributed by atoms with Crippen LogP contribution in [0.15, 0.2) is 47.1 Å². The van der Waals surface area contributed by atoms with Crippen LogP contribution < -0.4 is 10.2 Å². The number of carbonyl (C=O) groups is 2. The summed E-state index contributed by atoms with van der Waals surface area (Å²) in [6.45, 7) is 6.71. The smallest absolute Gasteiger partial charge is 0.254 e. The lowest BCUT2D eigenvalue weighted by Gasteiger charge is -2.47. The molecule has 2 aromatic heterocycles. The molecule has 0 saturated carbocycles. The van der Waals surface area contributed by atoms with E-state index in [0.717, 1.165) is 44.7 Å². The first kappa shape index (κ1) is 26.8. The van der Waals surface area contributed by atoms with E-state index in [1.807, 2.05) is 52.8 Å². The van der Waals surface area contributed by atoms with Crippen molar-refractivity contribution in [1.82, 2.24) is 24.9 Å². The molecular weight excluding hydrogens is 594 g/mol. The van der Waals surface area contributed by atoms with Gasteiger partial charge < -0.3 is 10.2 Å². The fourth-order valence-electron chi connectivity index (χ4n) is 6.07. The normalized spacial score (nSPS) is 20.7. The van der Waals surface area contributed by atoms with E-state index in [4.69, 9.17) is 16.7 Å². The average Bonchev–Trinajstić information content (AvgIpc) is 3.53. The number of anilines is 3. The van der Waals surface area contributed by atoms with Gasteiger partial charge in [0.15, 0.2) is 5.82 Å². The molecule has 3 atom stereocenters. The molecule has 40 heavy (non-hydrogen) atoms. The second kappa shape index (κ2) is 10.2. The summed E-state index contributed by atoms with van der Waals surface area (Å²) in [4.78, 5) is 31.7. The molecule has 9 nitrogen and oxygen atoms in total. The molecule has 0 spiro atoms. The number of hydrogen-bond acceptors (Lipinski definition) is 5. The first-order chi connectivity index (χ1) is 19.2. The van der Waals surface area contributed by atoms with Crippen molar-refractivity contribution < 1.29 is 9.59 Å². The van der Waals surface area contributed by atoms with Gasteiger partial charge >= 0.3 is 0 Å². The Balaban J connectivity index is 1.42. The summed E-state index contributed by atoms with van der Waals surface area (Å²) in [6.07, 6.45) is 3.19. The summed E-state index contributed by atoms with van der Waals surface area (Å²) in [6, 6.07) is 10.8. The molecule has 0 radical (unpaired) electrons. The van der Waals surface area contributed by atoms with Gasteiger partial charge in [0.2, 0.25) is 5.91 Å². The van der Waals surface area contributed by atoms with Crippen molar-refractivity contribution >= 4 is 67.6 Å². The maximum absolute atomic E-state index is 14.4. The topological polar surface area (TPSA) is 99.2 Å². The molecular formula is C29H31BrClN7O2. The van der Waals surface area contributed by atoms with Crippen LogP contribution in [0.1, 0.15) is 49.2 Å². The zero-order valence-corrected chi connectivity index (χ0v) is 25.1. The zero-order chi connectivity index (χ0) is 28.3. The summed E-state index contributed by atoms with van der Waals surface area (Å²) < 4.78 is 2.71. The van der Waals surface area contributed by atoms with Gasteiger partial charge in [0, 0.05) is 40.6 Å². The lowest BCUT2D eigenvalue weighted by molar-refractivity contribution is -0.126. The van der Waals surface area contributed by atoms with Gasteiger partial charge in [-0.05, 0) is 78.0 Å². The highest BCUT2D eigenvalue weighted by Crippen LogP contribution is 2.45. The number of nitrogens with zero attached hydrogens (tertiary/aromatic N) is 5. The standard InChI is InChI=1S/C29H31BrClN7O2/c1-15(2)9-18-13-33-38-25-14-36(28(39)17-5-8-22(30)23(31)11-17)16(3)10-21(25)29(40)37(27(18)38)19-6-7-20-24(12-19)34-35-26(20)32-4/h5-8,11-13,15-16,21,25H,9-10,14H2,1-4H3,(H2,32,34,35)/t16-,21?,25?/m0/s1. The van der Waals surface area contributed by atoms with E-state index in [1.54, 1.807) is 18.2 Å². The molecule has 2 aliphatic rings. The number of likely N-dealkylation sites (tertiary alicyclic amines) is 1. The first-order valence-electron chi connectivity index (χ1n) is 13.5. The minimum atomic E-state index is -0.322. The summed E-state index contributed by atoms with van der Waals surface area (Å²) in [5, 5.41) is 16.8. The Morgan fingerprint density at radius 3 is 2.77 bits per heavy atom. The summed E-state index contributed by atoms with van der Waals surface area (Å²) >= 11 is 9.70. The minimum absolute atomic E-state index is 0.0290. The number of benzene rings is 2. The number of aromatic amines is 1. The zero-order valence-electron chi connectivity index (χ0n) is 22.8. The van der Waals surface area contributed by atoms with Crippen molar-refractivity contribution in [2.75, 3.05) is 23.8 Å². The Morgan fingerprint density at radius 2 is 2.05 bits per heavy atom. The van der Waals surface area contributed by atoms with E-state index in [0.29, 0.717) is 29.5 Å². The second-order valence-corrected chi connectivity index (χ2v) is 12.4. The van der Waals surface area contributed by atoms with Crippen LogP contribution in [0.2, 0.25) is 5.02 Å². The number of nitrogens with one attached hydrogen (secondary N) is 2. The van der Waals surface area contributed by atoms with Crippen LogP contribution in [0, 0.1) is 11.8 Å². The molecule has 2 aromatic carbocycles. The number of amides is 2. The molecule has 11 heteroatoms. The Morgan fingerprint density at radius 1 is 1.25 bits per heavy atom. The van der Waals surface area contributed by atoms with Crippen LogP contribution in [0.25, 0.3) is 10.9 Å². The van der Waals surface area contributed by atoms with Gasteiger partial charge in [0.25, 0.3) is 5.91 Å². The van der Waals surface area contributed by atoms with E-state index in [9.17, 15) is 9.59 Å². The molecule has 2 amide bonds. The van der Waals surface area contributed by atoms with E-state index in [-0.39, 0.29) is 29.8 Å². The fraction of sp³-hybridized carbons (Fsp3) is 0.379. The number of aromatic nitrogens is 4. The largest absolute Gasteiger partial charge is 0.371 e. The van der Waals surface area contributed by atoms with E-state index < -0.39 is 0 Å². The molecule has 2 N–H and O–H groups in total. The molecule has 0 aliphatic carbocycles. The van der Waals surface area contributed by atoms with Crippen LogP contribution in [0.3, 0.4) is 0 Å². The quantitative estimate of drug-likeness (QED) is 0.276. The van der Waals surface area contributed by atoms with Crippen molar-refractivity contribution in [2.45, 2.75) is 45.7 Å². The van der Waals surface area contributed by atoms with Gasteiger partial charge in [-0.15, -0.1) is 0 Å². The number of carbonyl (C=O) groups excluding carboxylic acids is 2. The lowest BCUT2D eigenvalue weighted by atomic mass is 9.84. The predicted molar refractivity (Wildman–Crippen MR) is 160 cm³/mol. The van der Waals surface area contributed by atoms with E-state index in [1.165, 1.54) is 0 Å². The maximum Gasteiger partial charge on any atom is 0.254 e. The number of piperidine rings is 1. The Bertz CT molecular complexity index is 1630. The van der Waals surface area contributed by atoms with Crippen molar-refractivity contribution in [3.8, 4) is 0 Å². The van der Waals surface area contributed by atoms with Crippen molar-refractivity contribution in [1.29, 1.82) is 0 Å². The van der Waals surface area contributed by atoms with Crippen LogP contribution in [0.5, 0.6) is 0 Å². The average molecular weight is 625 g/mol.